The Labute approximate surface area is 98.2 Å². The van der Waals surface area contributed by atoms with Crippen LogP contribution in [0.3, 0.4) is 0 Å². The van der Waals surface area contributed by atoms with E-state index in [1.54, 1.807) is 26.8 Å². The van der Waals surface area contributed by atoms with Gasteiger partial charge in [-0.15, -0.1) is 0 Å². The van der Waals surface area contributed by atoms with Crippen LogP contribution in [0.4, 0.5) is 15.0 Å². The molecule has 0 bridgehead atoms. The van der Waals surface area contributed by atoms with Crippen molar-refractivity contribution in [2.75, 3.05) is 5.32 Å². The van der Waals surface area contributed by atoms with Crippen molar-refractivity contribution in [3.63, 3.8) is 0 Å². The van der Waals surface area contributed by atoms with Crippen molar-refractivity contribution < 1.29 is 13.9 Å². The number of hydrogen-bond donors (Lipinski definition) is 1. The highest BCUT2D eigenvalue weighted by molar-refractivity contribution is 5.83. The third-order valence-corrected chi connectivity index (χ3v) is 1.59. The van der Waals surface area contributed by atoms with Gasteiger partial charge in [-0.05, 0) is 26.8 Å². The fraction of sp³-hybridized carbons (Fsp3) is 0.364. The average molecular weight is 237 g/mol. The van der Waals surface area contributed by atoms with Gasteiger partial charge in [0.2, 0.25) is 0 Å². The van der Waals surface area contributed by atoms with Crippen LogP contribution >= 0.6 is 0 Å². The number of carbonyl (C=O) groups is 1. The number of anilines is 1. The van der Waals surface area contributed by atoms with E-state index in [0.29, 0.717) is 0 Å². The number of nitriles is 1. The minimum atomic E-state index is -0.798. The third-order valence-electron chi connectivity index (χ3n) is 1.59. The van der Waals surface area contributed by atoms with Crippen molar-refractivity contribution in [1.82, 2.24) is 4.98 Å². The molecule has 0 saturated heterocycles. The molecular weight excluding hydrogens is 225 g/mol. The van der Waals surface area contributed by atoms with Crippen LogP contribution in [0.15, 0.2) is 12.3 Å². The maximum atomic E-state index is 13.3. The van der Waals surface area contributed by atoms with E-state index < -0.39 is 17.5 Å². The van der Waals surface area contributed by atoms with Crippen LogP contribution in [-0.4, -0.2) is 16.7 Å². The lowest BCUT2D eigenvalue weighted by atomic mass is 10.2. The third kappa shape index (κ3) is 4.07. The molecule has 1 amide bonds. The number of nitrogens with zero attached hydrogens (tertiary/aromatic N) is 2. The van der Waals surface area contributed by atoms with Gasteiger partial charge < -0.3 is 4.74 Å². The van der Waals surface area contributed by atoms with Crippen LogP contribution in [0.2, 0.25) is 0 Å². The van der Waals surface area contributed by atoms with E-state index in [1.807, 2.05) is 0 Å². The van der Waals surface area contributed by atoms with Gasteiger partial charge in [-0.1, -0.05) is 0 Å². The van der Waals surface area contributed by atoms with Crippen LogP contribution in [0.25, 0.3) is 0 Å². The second-order valence-corrected chi connectivity index (χ2v) is 4.29. The van der Waals surface area contributed by atoms with E-state index in [4.69, 9.17) is 10.00 Å². The van der Waals surface area contributed by atoms with Crippen LogP contribution < -0.4 is 5.32 Å². The number of rotatable bonds is 1. The van der Waals surface area contributed by atoms with Gasteiger partial charge in [-0.2, -0.15) is 5.26 Å². The zero-order chi connectivity index (χ0) is 13.1. The zero-order valence-corrected chi connectivity index (χ0v) is 9.74. The van der Waals surface area contributed by atoms with Gasteiger partial charge >= 0.3 is 6.09 Å². The highest BCUT2D eigenvalue weighted by Gasteiger charge is 2.17. The predicted octanol–water partition coefficient (Wildman–Crippen LogP) is 2.44. The minimum Gasteiger partial charge on any atom is -0.444 e. The SMILES string of the molecule is CC(C)(C)OC(=O)Nc1ncc(C#N)cc1F. The average Bonchev–Trinajstić information content (AvgIpc) is 2.18. The molecule has 0 spiro atoms. The Morgan fingerprint density at radius 1 is 1.59 bits per heavy atom. The Hall–Kier alpha value is -2.16. The van der Waals surface area contributed by atoms with Gasteiger partial charge in [-0.25, -0.2) is 14.2 Å². The highest BCUT2D eigenvalue weighted by atomic mass is 19.1. The molecule has 0 atom stereocenters. The Balaban J connectivity index is 2.76. The van der Waals surface area contributed by atoms with E-state index in [9.17, 15) is 9.18 Å². The van der Waals surface area contributed by atoms with Gasteiger partial charge in [0.1, 0.15) is 11.7 Å². The summed E-state index contributed by atoms with van der Waals surface area (Å²) in [5.74, 6) is -1.05. The molecule has 1 rings (SSSR count). The maximum absolute atomic E-state index is 13.3. The van der Waals surface area contributed by atoms with Crippen molar-refractivity contribution in [1.29, 1.82) is 5.26 Å². The standard InChI is InChI=1S/C11H12FN3O2/c1-11(2,3)17-10(16)15-9-8(12)4-7(5-13)6-14-9/h4,6H,1-3H3,(H,14,15,16). The topological polar surface area (TPSA) is 75.0 Å². The number of amides is 1. The lowest BCUT2D eigenvalue weighted by Gasteiger charge is -2.19. The number of aromatic nitrogens is 1. The molecule has 1 aromatic rings. The quantitative estimate of drug-likeness (QED) is 0.813. The number of hydrogen-bond acceptors (Lipinski definition) is 4. The van der Waals surface area contributed by atoms with Gasteiger partial charge in [0.05, 0.1) is 5.56 Å². The summed E-state index contributed by atoms with van der Waals surface area (Å²) in [5.41, 5.74) is -0.593. The molecule has 90 valence electrons. The molecule has 5 nitrogen and oxygen atoms in total. The van der Waals surface area contributed by atoms with Crippen molar-refractivity contribution in [3.8, 4) is 6.07 Å². The Morgan fingerprint density at radius 3 is 2.71 bits per heavy atom. The summed E-state index contributed by atoms with van der Waals surface area (Å²) in [6, 6.07) is 2.73. The van der Waals surface area contributed by atoms with Gasteiger partial charge in [0, 0.05) is 6.20 Å². The smallest absolute Gasteiger partial charge is 0.413 e. The molecule has 1 aromatic heterocycles. The first-order valence-corrected chi connectivity index (χ1v) is 4.87. The highest BCUT2D eigenvalue weighted by Crippen LogP contribution is 2.14. The van der Waals surface area contributed by atoms with Crippen molar-refractivity contribution in [2.45, 2.75) is 26.4 Å². The molecule has 0 aromatic carbocycles. The summed E-state index contributed by atoms with van der Waals surface area (Å²) in [4.78, 5) is 14.9. The molecule has 1 heterocycles. The summed E-state index contributed by atoms with van der Waals surface area (Å²) in [7, 11) is 0. The summed E-state index contributed by atoms with van der Waals surface area (Å²) in [5, 5.41) is 10.7. The Morgan fingerprint density at radius 2 is 2.24 bits per heavy atom. The molecule has 0 radical (unpaired) electrons. The summed E-state index contributed by atoms with van der Waals surface area (Å²) >= 11 is 0. The van der Waals surface area contributed by atoms with Crippen LogP contribution in [-0.2, 0) is 4.74 Å². The van der Waals surface area contributed by atoms with E-state index in [2.05, 4.69) is 10.3 Å². The normalized spacial score (nSPS) is 10.5. The first-order valence-electron chi connectivity index (χ1n) is 4.87. The summed E-state index contributed by atoms with van der Waals surface area (Å²) in [6.07, 6.45) is 0.365. The number of halogens is 1. The zero-order valence-electron chi connectivity index (χ0n) is 9.74. The molecule has 17 heavy (non-hydrogen) atoms. The number of nitrogens with one attached hydrogen (secondary N) is 1. The number of ether oxygens (including phenoxy) is 1. The lowest BCUT2D eigenvalue weighted by molar-refractivity contribution is 0.0634. The van der Waals surface area contributed by atoms with Crippen molar-refractivity contribution in [2.24, 2.45) is 0 Å². The number of carbonyl (C=O) groups excluding carboxylic acids is 1. The molecule has 0 unspecified atom stereocenters. The van der Waals surface area contributed by atoms with E-state index in [-0.39, 0.29) is 11.4 Å². The molecule has 0 saturated carbocycles. The maximum Gasteiger partial charge on any atom is 0.413 e. The van der Waals surface area contributed by atoms with Crippen LogP contribution in [0, 0.1) is 17.1 Å². The molecule has 0 aliphatic carbocycles. The lowest BCUT2D eigenvalue weighted by Crippen LogP contribution is -2.27. The first-order chi connectivity index (χ1) is 7.81. The monoisotopic (exact) mass is 237 g/mol. The second kappa shape index (κ2) is 4.78. The first kappa shape index (κ1) is 12.9. The van der Waals surface area contributed by atoms with Crippen LogP contribution in [0.5, 0.6) is 0 Å². The van der Waals surface area contributed by atoms with Crippen molar-refractivity contribution in [3.05, 3.63) is 23.6 Å². The molecule has 6 heteroatoms. The van der Waals surface area contributed by atoms with Crippen LogP contribution in [0.1, 0.15) is 26.3 Å². The Bertz CT molecular complexity index is 475. The molecule has 1 N–H and O–H groups in total. The van der Waals surface area contributed by atoms with E-state index in [1.165, 1.54) is 0 Å². The second-order valence-electron chi connectivity index (χ2n) is 4.29. The summed E-state index contributed by atoms with van der Waals surface area (Å²) < 4.78 is 18.3. The minimum absolute atomic E-state index is 0.0808. The summed E-state index contributed by atoms with van der Waals surface area (Å²) in [6.45, 7) is 5.07. The molecule has 0 fully saturated rings. The van der Waals surface area contributed by atoms with Gasteiger partial charge in [0.15, 0.2) is 11.6 Å². The van der Waals surface area contributed by atoms with E-state index >= 15 is 0 Å². The van der Waals surface area contributed by atoms with Gasteiger partial charge in [-0.3, -0.25) is 5.32 Å². The predicted molar refractivity (Wildman–Crippen MR) is 58.8 cm³/mol. The van der Waals surface area contributed by atoms with Gasteiger partial charge in [0.25, 0.3) is 0 Å². The Kier molecular flexibility index (Phi) is 3.63. The molecule has 0 aliphatic rings. The number of pyridine rings is 1. The largest absolute Gasteiger partial charge is 0.444 e. The fourth-order valence-electron chi connectivity index (χ4n) is 0.991. The fourth-order valence-corrected chi connectivity index (χ4v) is 0.991. The van der Waals surface area contributed by atoms with Crippen molar-refractivity contribution >= 4 is 11.9 Å². The van der Waals surface area contributed by atoms with E-state index in [0.717, 1.165) is 12.3 Å². The molecular formula is C11H12FN3O2. The molecule has 0 aliphatic heterocycles.